The SMILES string of the molecule is CNC(=O)C(C)(C)CNS(=O)(=O)Cc1ccccc1CN. The normalized spacial score (nSPS) is 12.2. The second-order valence-corrected chi connectivity index (χ2v) is 7.32. The summed E-state index contributed by atoms with van der Waals surface area (Å²) in [5.74, 6) is -0.364. The van der Waals surface area contributed by atoms with E-state index in [-0.39, 0.29) is 24.7 Å². The number of sulfonamides is 1. The lowest BCUT2D eigenvalue weighted by atomic mass is 9.93. The van der Waals surface area contributed by atoms with Crippen LogP contribution in [0.25, 0.3) is 0 Å². The molecule has 0 aliphatic carbocycles. The van der Waals surface area contributed by atoms with Crippen molar-refractivity contribution in [3.8, 4) is 0 Å². The fourth-order valence-corrected chi connectivity index (χ4v) is 3.24. The molecule has 0 aliphatic heterocycles. The molecule has 7 heteroatoms. The summed E-state index contributed by atoms with van der Waals surface area (Å²) in [6.07, 6.45) is 0. The molecule has 1 aromatic rings. The highest BCUT2D eigenvalue weighted by atomic mass is 32.2. The maximum atomic E-state index is 12.1. The molecular formula is C14H23N3O3S. The summed E-state index contributed by atoms with van der Waals surface area (Å²) in [5.41, 5.74) is 6.26. The van der Waals surface area contributed by atoms with E-state index in [9.17, 15) is 13.2 Å². The number of hydrogen-bond acceptors (Lipinski definition) is 4. The lowest BCUT2D eigenvalue weighted by molar-refractivity contribution is -0.128. The first-order valence-corrected chi connectivity index (χ1v) is 8.33. The zero-order valence-electron chi connectivity index (χ0n) is 12.6. The van der Waals surface area contributed by atoms with Crippen LogP contribution in [0.5, 0.6) is 0 Å². The first-order chi connectivity index (χ1) is 9.72. The van der Waals surface area contributed by atoms with Gasteiger partial charge in [-0.05, 0) is 25.0 Å². The number of nitrogens with one attached hydrogen (secondary N) is 2. The first-order valence-electron chi connectivity index (χ1n) is 6.68. The molecule has 0 aromatic heterocycles. The molecular weight excluding hydrogens is 290 g/mol. The van der Waals surface area contributed by atoms with Gasteiger partial charge in [0.05, 0.1) is 11.2 Å². The van der Waals surface area contributed by atoms with Crippen molar-refractivity contribution < 1.29 is 13.2 Å². The molecule has 0 fully saturated rings. The molecule has 0 aliphatic rings. The Hall–Kier alpha value is -1.44. The van der Waals surface area contributed by atoms with E-state index in [1.165, 1.54) is 7.05 Å². The van der Waals surface area contributed by atoms with Crippen LogP contribution in [0.1, 0.15) is 25.0 Å². The fraction of sp³-hybridized carbons (Fsp3) is 0.500. The van der Waals surface area contributed by atoms with Gasteiger partial charge in [0.1, 0.15) is 0 Å². The van der Waals surface area contributed by atoms with Gasteiger partial charge in [-0.1, -0.05) is 24.3 Å². The first kappa shape index (κ1) is 17.6. The Kier molecular flexibility index (Phi) is 5.88. The van der Waals surface area contributed by atoms with Gasteiger partial charge in [0.25, 0.3) is 0 Å². The molecule has 118 valence electrons. The van der Waals surface area contributed by atoms with Crippen LogP contribution >= 0.6 is 0 Å². The van der Waals surface area contributed by atoms with Crippen LogP contribution in [-0.4, -0.2) is 27.9 Å². The largest absolute Gasteiger partial charge is 0.359 e. The minimum atomic E-state index is -3.53. The fourth-order valence-electron chi connectivity index (χ4n) is 1.86. The Morgan fingerprint density at radius 1 is 1.24 bits per heavy atom. The van der Waals surface area contributed by atoms with Crippen LogP contribution in [0.15, 0.2) is 24.3 Å². The summed E-state index contributed by atoms with van der Waals surface area (Å²) in [6.45, 7) is 3.69. The van der Waals surface area contributed by atoms with Crippen LogP contribution < -0.4 is 15.8 Å². The van der Waals surface area contributed by atoms with Crippen LogP contribution in [0.3, 0.4) is 0 Å². The summed E-state index contributed by atoms with van der Waals surface area (Å²) < 4.78 is 26.8. The third-order valence-corrected chi connectivity index (χ3v) is 4.53. The van der Waals surface area contributed by atoms with E-state index in [4.69, 9.17) is 5.73 Å². The van der Waals surface area contributed by atoms with Crippen LogP contribution in [-0.2, 0) is 27.1 Å². The van der Waals surface area contributed by atoms with Gasteiger partial charge in [0.2, 0.25) is 15.9 Å². The van der Waals surface area contributed by atoms with Gasteiger partial charge in [0, 0.05) is 20.1 Å². The maximum absolute atomic E-state index is 12.1. The molecule has 0 atom stereocenters. The second kappa shape index (κ2) is 7.02. The van der Waals surface area contributed by atoms with E-state index in [0.29, 0.717) is 5.56 Å². The predicted molar refractivity (Wildman–Crippen MR) is 82.8 cm³/mol. The van der Waals surface area contributed by atoms with Crippen LogP contribution in [0.2, 0.25) is 0 Å². The number of amides is 1. The smallest absolute Gasteiger partial charge is 0.226 e. The lowest BCUT2D eigenvalue weighted by Crippen LogP contribution is -2.44. The van der Waals surface area contributed by atoms with Crippen molar-refractivity contribution in [1.29, 1.82) is 0 Å². The third-order valence-electron chi connectivity index (χ3n) is 3.26. The van der Waals surface area contributed by atoms with Crippen LogP contribution in [0, 0.1) is 5.41 Å². The standard InChI is InChI=1S/C14H23N3O3S/c1-14(2,13(18)16-3)10-17-21(19,20)9-12-7-5-4-6-11(12)8-15/h4-7,17H,8-10,15H2,1-3H3,(H,16,18). The van der Waals surface area contributed by atoms with Gasteiger partial charge in [-0.25, -0.2) is 13.1 Å². The van der Waals surface area contributed by atoms with E-state index >= 15 is 0 Å². The van der Waals surface area contributed by atoms with Crippen molar-refractivity contribution >= 4 is 15.9 Å². The minimum Gasteiger partial charge on any atom is -0.359 e. The van der Waals surface area contributed by atoms with Gasteiger partial charge in [-0.3, -0.25) is 4.79 Å². The quantitative estimate of drug-likeness (QED) is 0.675. The van der Waals surface area contributed by atoms with Crippen molar-refractivity contribution in [3.05, 3.63) is 35.4 Å². The average molecular weight is 313 g/mol. The molecule has 21 heavy (non-hydrogen) atoms. The molecule has 0 heterocycles. The zero-order valence-corrected chi connectivity index (χ0v) is 13.5. The van der Waals surface area contributed by atoms with Crippen molar-refractivity contribution in [3.63, 3.8) is 0 Å². The molecule has 0 saturated heterocycles. The summed E-state index contributed by atoms with van der Waals surface area (Å²) in [5, 5.41) is 2.52. The molecule has 1 rings (SSSR count). The van der Waals surface area contributed by atoms with Crippen molar-refractivity contribution in [2.45, 2.75) is 26.1 Å². The Labute approximate surface area is 126 Å². The molecule has 6 nitrogen and oxygen atoms in total. The van der Waals surface area contributed by atoms with E-state index in [2.05, 4.69) is 10.0 Å². The highest BCUT2D eigenvalue weighted by Crippen LogP contribution is 2.15. The number of nitrogens with two attached hydrogens (primary N) is 1. The lowest BCUT2D eigenvalue weighted by Gasteiger charge is -2.22. The van der Waals surface area contributed by atoms with Gasteiger partial charge < -0.3 is 11.1 Å². The van der Waals surface area contributed by atoms with Gasteiger partial charge in [-0.2, -0.15) is 0 Å². The minimum absolute atomic E-state index is 0.0415. The highest BCUT2D eigenvalue weighted by Gasteiger charge is 2.28. The number of rotatable bonds is 7. The average Bonchev–Trinajstić information content (AvgIpc) is 2.44. The Bertz CT molecular complexity index is 597. The van der Waals surface area contributed by atoms with Gasteiger partial charge in [-0.15, -0.1) is 0 Å². The summed E-state index contributed by atoms with van der Waals surface area (Å²) in [4.78, 5) is 11.6. The van der Waals surface area contributed by atoms with Crippen molar-refractivity contribution in [2.24, 2.45) is 11.1 Å². The molecule has 0 unspecified atom stereocenters. The van der Waals surface area contributed by atoms with Crippen molar-refractivity contribution in [2.75, 3.05) is 13.6 Å². The molecule has 0 saturated carbocycles. The molecule has 0 bridgehead atoms. The number of carbonyl (C=O) groups is 1. The van der Waals surface area contributed by atoms with Crippen molar-refractivity contribution in [1.82, 2.24) is 10.0 Å². The van der Waals surface area contributed by atoms with E-state index in [1.54, 1.807) is 32.0 Å². The third kappa shape index (κ3) is 5.11. The number of carbonyl (C=O) groups excluding carboxylic acids is 1. The monoisotopic (exact) mass is 313 g/mol. The van der Waals surface area contributed by atoms with Gasteiger partial charge in [0.15, 0.2) is 0 Å². The zero-order chi connectivity index (χ0) is 16.1. The molecule has 4 N–H and O–H groups in total. The Morgan fingerprint density at radius 3 is 2.33 bits per heavy atom. The van der Waals surface area contributed by atoms with E-state index in [0.717, 1.165) is 5.56 Å². The molecule has 1 amide bonds. The summed E-state index contributed by atoms with van der Waals surface area (Å²) >= 11 is 0. The predicted octanol–water partition coefficient (Wildman–Crippen LogP) is 0.337. The number of benzene rings is 1. The molecule has 0 radical (unpaired) electrons. The molecule has 1 aromatic carbocycles. The second-order valence-electron chi connectivity index (χ2n) is 5.52. The van der Waals surface area contributed by atoms with Crippen LogP contribution in [0.4, 0.5) is 0 Å². The maximum Gasteiger partial charge on any atom is 0.226 e. The summed E-state index contributed by atoms with van der Waals surface area (Å²) in [6, 6.07) is 7.14. The Balaban J connectivity index is 2.77. The number of hydrogen-bond donors (Lipinski definition) is 3. The highest BCUT2D eigenvalue weighted by molar-refractivity contribution is 7.88. The van der Waals surface area contributed by atoms with E-state index < -0.39 is 15.4 Å². The van der Waals surface area contributed by atoms with Gasteiger partial charge >= 0.3 is 0 Å². The summed E-state index contributed by atoms with van der Waals surface area (Å²) in [7, 11) is -2.00. The van der Waals surface area contributed by atoms with E-state index in [1.807, 2.05) is 6.07 Å². The molecule has 0 spiro atoms. The topological polar surface area (TPSA) is 101 Å². The Morgan fingerprint density at radius 2 is 1.81 bits per heavy atom.